The van der Waals surface area contributed by atoms with Gasteiger partial charge in [0.1, 0.15) is 5.78 Å². The molecule has 0 aromatic carbocycles. The second-order valence-electron chi connectivity index (χ2n) is 1.87. The van der Waals surface area contributed by atoms with Crippen LogP contribution in [0.3, 0.4) is 0 Å². The van der Waals surface area contributed by atoms with Gasteiger partial charge in [-0.1, -0.05) is 22.6 Å². The smallest absolute Gasteiger partial charge is 0.145 e. The van der Waals surface area contributed by atoms with Crippen LogP contribution in [0.15, 0.2) is 0 Å². The molecule has 1 rings (SSSR count). The highest BCUT2D eigenvalue weighted by Crippen LogP contribution is 2.30. The average molecular weight is 210 g/mol. The predicted octanol–water partition coefficient (Wildman–Crippen LogP) is 1.40. The molecule has 0 heterocycles. The number of alkyl halides is 1. The first-order valence-corrected chi connectivity index (χ1v) is 3.96. The number of carbonyl (C=O) groups excluding carboxylic acids is 1. The molecule has 1 saturated carbocycles. The first kappa shape index (κ1) is 5.54. The fraction of sp³-hybridized carbons (Fsp3) is 0.800. The predicted molar refractivity (Wildman–Crippen MR) is 36.6 cm³/mol. The number of hydrogen-bond acceptors (Lipinski definition) is 1. The molecule has 0 spiro atoms. The van der Waals surface area contributed by atoms with Crippen LogP contribution in [-0.4, -0.2) is 10.2 Å². The molecule has 0 aromatic heterocycles. The van der Waals surface area contributed by atoms with Crippen molar-refractivity contribution in [2.75, 3.05) is 4.43 Å². The molecule has 0 saturated heterocycles. The van der Waals surface area contributed by atoms with Crippen molar-refractivity contribution < 1.29 is 4.79 Å². The molecule has 0 aromatic rings. The van der Waals surface area contributed by atoms with Crippen molar-refractivity contribution in [3.63, 3.8) is 0 Å². The summed E-state index contributed by atoms with van der Waals surface area (Å²) in [6.07, 6.45) is 2.31. The third-order valence-corrected chi connectivity index (χ3v) is 1.92. The summed E-state index contributed by atoms with van der Waals surface area (Å²) >= 11 is 2.12. The average Bonchev–Trinajstić information content (AvgIpc) is 2.44. The van der Waals surface area contributed by atoms with Crippen LogP contribution in [0.2, 0.25) is 0 Å². The SMILES string of the molecule is O=C(CI)C1CC1. The first-order valence-electron chi connectivity index (χ1n) is 2.43. The molecule has 2 heteroatoms. The van der Waals surface area contributed by atoms with E-state index in [2.05, 4.69) is 22.6 Å². The summed E-state index contributed by atoms with van der Waals surface area (Å²) in [6.45, 7) is 0. The van der Waals surface area contributed by atoms with Gasteiger partial charge in [-0.3, -0.25) is 4.79 Å². The Labute approximate surface area is 56.6 Å². The van der Waals surface area contributed by atoms with Crippen molar-refractivity contribution in [2.24, 2.45) is 5.92 Å². The van der Waals surface area contributed by atoms with Gasteiger partial charge in [0, 0.05) is 5.92 Å². The molecule has 40 valence electrons. The van der Waals surface area contributed by atoms with Crippen LogP contribution in [0.1, 0.15) is 12.8 Å². The van der Waals surface area contributed by atoms with E-state index < -0.39 is 0 Å². The van der Waals surface area contributed by atoms with E-state index in [-0.39, 0.29) is 0 Å². The maximum Gasteiger partial charge on any atom is 0.145 e. The minimum atomic E-state index is 0.445. The summed E-state index contributed by atoms with van der Waals surface area (Å²) < 4.78 is 0.711. The van der Waals surface area contributed by atoms with Gasteiger partial charge in [0.2, 0.25) is 0 Å². The lowest BCUT2D eigenvalue weighted by molar-refractivity contribution is -0.117. The van der Waals surface area contributed by atoms with Gasteiger partial charge in [0.25, 0.3) is 0 Å². The minimum absolute atomic E-state index is 0.445. The Balaban J connectivity index is 2.24. The molecular weight excluding hydrogens is 203 g/mol. The van der Waals surface area contributed by atoms with E-state index in [0.717, 1.165) is 12.8 Å². The maximum atomic E-state index is 10.6. The zero-order valence-corrected chi connectivity index (χ0v) is 6.14. The Bertz CT molecular complexity index is 86.1. The zero-order valence-electron chi connectivity index (χ0n) is 3.98. The van der Waals surface area contributed by atoms with Crippen molar-refractivity contribution in [2.45, 2.75) is 12.8 Å². The Morgan fingerprint density at radius 3 is 2.43 bits per heavy atom. The molecule has 0 bridgehead atoms. The lowest BCUT2D eigenvalue weighted by atomic mass is 10.3. The van der Waals surface area contributed by atoms with E-state index in [1.165, 1.54) is 0 Å². The summed E-state index contributed by atoms with van der Waals surface area (Å²) in [5, 5.41) is 0. The number of hydrogen-bond donors (Lipinski definition) is 0. The highest BCUT2D eigenvalue weighted by atomic mass is 127. The Hall–Kier alpha value is 0.400. The fourth-order valence-corrected chi connectivity index (χ4v) is 1.14. The van der Waals surface area contributed by atoms with Gasteiger partial charge >= 0.3 is 0 Å². The molecular formula is C5H7IO. The Morgan fingerprint density at radius 2 is 2.29 bits per heavy atom. The number of carbonyl (C=O) groups is 1. The van der Waals surface area contributed by atoms with E-state index in [9.17, 15) is 4.79 Å². The molecule has 0 unspecified atom stereocenters. The number of Topliss-reactive ketones (excluding diaryl/α,β-unsaturated/α-hetero) is 1. The quantitative estimate of drug-likeness (QED) is 0.497. The minimum Gasteiger partial charge on any atom is -0.299 e. The van der Waals surface area contributed by atoms with Crippen LogP contribution in [0.5, 0.6) is 0 Å². The molecule has 7 heavy (non-hydrogen) atoms. The maximum absolute atomic E-state index is 10.6. The first-order chi connectivity index (χ1) is 3.34. The summed E-state index contributed by atoms with van der Waals surface area (Å²) in [6, 6.07) is 0. The van der Waals surface area contributed by atoms with Gasteiger partial charge in [-0.05, 0) is 12.8 Å². The largest absolute Gasteiger partial charge is 0.299 e. The van der Waals surface area contributed by atoms with E-state index in [4.69, 9.17) is 0 Å². The second kappa shape index (κ2) is 2.11. The van der Waals surface area contributed by atoms with Gasteiger partial charge < -0.3 is 0 Å². The highest BCUT2D eigenvalue weighted by Gasteiger charge is 2.27. The van der Waals surface area contributed by atoms with Crippen molar-refractivity contribution in [1.29, 1.82) is 0 Å². The van der Waals surface area contributed by atoms with Crippen LogP contribution >= 0.6 is 22.6 Å². The monoisotopic (exact) mass is 210 g/mol. The van der Waals surface area contributed by atoms with Crippen LogP contribution < -0.4 is 0 Å². The van der Waals surface area contributed by atoms with E-state index >= 15 is 0 Å². The van der Waals surface area contributed by atoms with Crippen LogP contribution in [0.4, 0.5) is 0 Å². The third-order valence-electron chi connectivity index (χ3n) is 1.16. The Morgan fingerprint density at radius 1 is 1.71 bits per heavy atom. The normalized spacial score (nSPS) is 19.6. The summed E-state index contributed by atoms with van der Waals surface area (Å²) in [5.74, 6) is 0.914. The molecule has 0 amide bonds. The van der Waals surface area contributed by atoms with Gasteiger partial charge in [-0.2, -0.15) is 0 Å². The number of halogens is 1. The summed E-state index contributed by atoms with van der Waals surface area (Å²) in [7, 11) is 0. The van der Waals surface area contributed by atoms with Crippen molar-refractivity contribution >= 4 is 28.4 Å². The van der Waals surface area contributed by atoms with E-state index in [0.29, 0.717) is 16.1 Å². The van der Waals surface area contributed by atoms with E-state index in [1.807, 2.05) is 0 Å². The molecule has 1 nitrogen and oxygen atoms in total. The molecule has 1 fully saturated rings. The number of ketones is 1. The van der Waals surface area contributed by atoms with Crippen molar-refractivity contribution in [3.05, 3.63) is 0 Å². The molecule has 0 aliphatic heterocycles. The van der Waals surface area contributed by atoms with Crippen LogP contribution in [0.25, 0.3) is 0 Å². The summed E-state index contributed by atoms with van der Waals surface area (Å²) in [4.78, 5) is 10.6. The molecule has 0 N–H and O–H groups in total. The zero-order chi connectivity index (χ0) is 5.28. The van der Waals surface area contributed by atoms with Gasteiger partial charge in [0.05, 0.1) is 4.43 Å². The van der Waals surface area contributed by atoms with Gasteiger partial charge in [-0.25, -0.2) is 0 Å². The second-order valence-corrected chi connectivity index (χ2v) is 2.64. The summed E-state index contributed by atoms with van der Waals surface area (Å²) in [5.41, 5.74) is 0. The molecule has 0 radical (unpaired) electrons. The molecule has 1 aliphatic carbocycles. The molecule has 1 aliphatic rings. The Kier molecular flexibility index (Phi) is 1.67. The highest BCUT2D eigenvalue weighted by molar-refractivity contribution is 14.1. The van der Waals surface area contributed by atoms with Crippen molar-refractivity contribution in [3.8, 4) is 0 Å². The van der Waals surface area contributed by atoms with E-state index in [1.54, 1.807) is 0 Å². The third kappa shape index (κ3) is 1.40. The standard InChI is InChI=1S/C5H7IO/c6-3-5(7)4-1-2-4/h4H,1-3H2. The van der Waals surface area contributed by atoms with Gasteiger partial charge in [0.15, 0.2) is 0 Å². The lowest BCUT2D eigenvalue weighted by Gasteiger charge is -1.83. The lowest BCUT2D eigenvalue weighted by Crippen LogP contribution is -1.99. The van der Waals surface area contributed by atoms with Gasteiger partial charge in [-0.15, -0.1) is 0 Å². The fourth-order valence-electron chi connectivity index (χ4n) is 0.514. The number of rotatable bonds is 2. The van der Waals surface area contributed by atoms with Crippen molar-refractivity contribution in [1.82, 2.24) is 0 Å². The molecule has 0 atom stereocenters. The topological polar surface area (TPSA) is 17.1 Å². The van der Waals surface area contributed by atoms with Crippen LogP contribution in [-0.2, 0) is 4.79 Å². The van der Waals surface area contributed by atoms with Crippen LogP contribution in [0, 0.1) is 5.92 Å².